The van der Waals surface area contributed by atoms with Gasteiger partial charge >= 0.3 is 18.3 Å². The van der Waals surface area contributed by atoms with E-state index in [0.717, 1.165) is 38.6 Å². The number of benzene rings is 3. The zero-order chi connectivity index (χ0) is 31.0. The molecular formula is C33H32F7NO2. The minimum Gasteiger partial charge on any atom is -0.465 e. The zero-order valence-electron chi connectivity index (χ0n) is 23.6. The lowest BCUT2D eigenvalue weighted by Gasteiger charge is -2.47. The Hall–Kier alpha value is -3.40. The quantitative estimate of drug-likeness (QED) is 0.215. The monoisotopic (exact) mass is 607 g/mol. The Morgan fingerprint density at radius 3 is 1.98 bits per heavy atom. The van der Waals surface area contributed by atoms with E-state index in [-0.39, 0.29) is 36.7 Å². The number of nitrogens with zero attached hydrogens (tertiary/aromatic N) is 1. The Balaban J connectivity index is 1.50. The lowest BCUT2D eigenvalue weighted by atomic mass is 9.61. The standard InChI is InChI=1S/C33H32F7NO2/c1-43-30(42)27-19-24(32(35,36)37)20-28(33(38,39)40)29(27)31(23-5-3-2-4-6-23)15-11-26(12-16-31)41-17-13-22(14-18-41)21-7-9-25(34)10-8-21/h2-10,19-20,22,26H,11-18H2,1H3. The summed E-state index contributed by atoms with van der Waals surface area (Å²) >= 11 is 0. The summed E-state index contributed by atoms with van der Waals surface area (Å²) in [6, 6.07) is 15.6. The molecule has 3 aromatic carbocycles. The van der Waals surface area contributed by atoms with Gasteiger partial charge in [0.15, 0.2) is 0 Å². The molecule has 1 aliphatic carbocycles. The van der Waals surface area contributed by atoms with Crippen molar-refractivity contribution in [1.29, 1.82) is 0 Å². The van der Waals surface area contributed by atoms with Crippen LogP contribution in [0.1, 0.15) is 82.6 Å². The van der Waals surface area contributed by atoms with E-state index in [4.69, 9.17) is 4.74 Å². The maximum atomic E-state index is 14.6. The van der Waals surface area contributed by atoms with Crippen LogP contribution in [0.3, 0.4) is 0 Å². The number of piperidine rings is 1. The number of alkyl halides is 6. The van der Waals surface area contributed by atoms with E-state index in [1.165, 1.54) is 12.1 Å². The van der Waals surface area contributed by atoms with Gasteiger partial charge in [0, 0.05) is 11.5 Å². The molecule has 3 nitrogen and oxygen atoms in total. The highest BCUT2D eigenvalue weighted by Crippen LogP contribution is 2.52. The molecule has 3 aromatic rings. The summed E-state index contributed by atoms with van der Waals surface area (Å²) in [5, 5.41) is 0. The molecule has 1 heterocycles. The fourth-order valence-electron chi connectivity index (χ4n) is 7.05. The van der Waals surface area contributed by atoms with E-state index in [0.29, 0.717) is 24.5 Å². The van der Waals surface area contributed by atoms with Gasteiger partial charge in [-0.1, -0.05) is 42.5 Å². The van der Waals surface area contributed by atoms with Crippen LogP contribution < -0.4 is 0 Å². The smallest absolute Gasteiger partial charge is 0.416 e. The number of hydrogen-bond acceptors (Lipinski definition) is 3. The van der Waals surface area contributed by atoms with E-state index in [1.807, 2.05) is 0 Å². The van der Waals surface area contributed by atoms with Gasteiger partial charge in [0.25, 0.3) is 0 Å². The van der Waals surface area contributed by atoms with Crippen LogP contribution in [0.2, 0.25) is 0 Å². The van der Waals surface area contributed by atoms with Crippen LogP contribution in [0.4, 0.5) is 30.7 Å². The molecule has 0 unspecified atom stereocenters. The van der Waals surface area contributed by atoms with Crippen molar-refractivity contribution in [1.82, 2.24) is 4.90 Å². The van der Waals surface area contributed by atoms with Crippen molar-refractivity contribution < 1.29 is 40.3 Å². The highest BCUT2D eigenvalue weighted by Gasteiger charge is 2.49. The van der Waals surface area contributed by atoms with Crippen molar-refractivity contribution >= 4 is 5.97 Å². The van der Waals surface area contributed by atoms with Crippen molar-refractivity contribution in [3.8, 4) is 0 Å². The molecule has 1 saturated heterocycles. The first kappa shape index (κ1) is 31.0. The number of carbonyl (C=O) groups is 1. The van der Waals surface area contributed by atoms with Gasteiger partial charge in [0.05, 0.1) is 23.8 Å². The highest BCUT2D eigenvalue weighted by molar-refractivity contribution is 5.93. The molecule has 1 saturated carbocycles. The van der Waals surface area contributed by atoms with E-state index in [2.05, 4.69) is 4.90 Å². The summed E-state index contributed by atoms with van der Waals surface area (Å²) in [6.07, 6.45) is -7.13. The summed E-state index contributed by atoms with van der Waals surface area (Å²) in [4.78, 5) is 15.2. The first-order valence-corrected chi connectivity index (χ1v) is 14.3. The van der Waals surface area contributed by atoms with Crippen LogP contribution in [-0.2, 0) is 22.5 Å². The van der Waals surface area contributed by atoms with Crippen molar-refractivity contribution in [2.45, 2.75) is 68.3 Å². The van der Waals surface area contributed by atoms with Crippen molar-refractivity contribution in [2.75, 3.05) is 20.2 Å². The Labute approximate surface area is 245 Å². The second kappa shape index (κ2) is 11.9. The molecule has 0 spiro atoms. The van der Waals surface area contributed by atoms with Crippen LogP contribution >= 0.6 is 0 Å². The second-order valence-electron chi connectivity index (χ2n) is 11.5. The summed E-state index contributed by atoms with van der Waals surface area (Å²) in [6.45, 7) is 1.54. The van der Waals surface area contributed by atoms with E-state index >= 15 is 0 Å². The number of likely N-dealkylation sites (tertiary alicyclic amines) is 1. The molecule has 5 rings (SSSR count). The summed E-state index contributed by atoms with van der Waals surface area (Å²) in [5.74, 6) is -1.25. The van der Waals surface area contributed by atoms with Crippen molar-refractivity contribution in [3.63, 3.8) is 0 Å². The van der Waals surface area contributed by atoms with Crippen molar-refractivity contribution in [2.24, 2.45) is 0 Å². The van der Waals surface area contributed by atoms with Gasteiger partial charge in [-0.2, -0.15) is 26.3 Å². The van der Waals surface area contributed by atoms with Crippen molar-refractivity contribution in [3.05, 3.63) is 106 Å². The average Bonchev–Trinajstić information content (AvgIpc) is 3.00. The van der Waals surface area contributed by atoms with Gasteiger partial charge in [-0.3, -0.25) is 0 Å². The van der Waals surface area contributed by atoms with Crippen LogP contribution in [0.15, 0.2) is 66.7 Å². The van der Waals surface area contributed by atoms with Crippen LogP contribution in [0.5, 0.6) is 0 Å². The van der Waals surface area contributed by atoms with Gasteiger partial charge in [0.2, 0.25) is 0 Å². The zero-order valence-corrected chi connectivity index (χ0v) is 23.6. The van der Waals surface area contributed by atoms with Gasteiger partial charge < -0.3 is 9.64 Å². The lowest BCUT2D eigenvalue weighted by molar-refractivity contribution is -0.143. The number of esters is 1. The number of rotatable bonds is 5. The van der Waals surface area contributed by atoms with Crippen LogP contribution in [0.25, 0.3) is 0 Å². The van der Waals surface area contributed by atoms with E-state index in [9.17, 15) is 35.5 Å². The Morgan fingerprint density at radius 1 is 0.837 bits per heavy atom. The fourth-order valence-corrected chi connectivity index (χ4v) is 7.05. The minimum atomic E-state index is -5.15. The molecule has 0 amide bonds. The molecule has 10 heteroatoms. The molecule has 2 aliphatic rings. The molecule has 0 aromatic heterocycles. The Kier molecular flexibility index (Phi) is 8.62. The number of ether oxygens (including phenoxy) is 1. The predicted molar refractivity (Wildman–Crippen MR) is 147 cm³/mol. The number of methoxy groups -OCH3 is 1. The predicted octanol–water partition coefficient (Wildman–Crippen LogP) is 8.76. The first-order valence-electron chi connectivity index (χ1n) is 14.3. The highest BCUT2D eigenvalue weighted by atomic mass is 19.4. The van der Waals surface area contributed by atoms with E-state index in [1.54, 1.807) is 42.5 Å². The third kappa shape index (κ3) is 6.30. The number of hydrogen-bond donors (Lipinski definition) is 0. The van der Waals surface area contributed by atoms with Crippen LogP contribution in [-0.4, -0.2) is 37.1 Å². The molecule has 2 fully saturated rings. The SMILES string of the molecule is COC(=O)c1cc(C(F)(F)F)cc(C(F)(F)F)c1C1(c2ccccc2)CCC(N2CCC(c3ccc(F)cc3)CC2)CC1. The Bertz CT molecular complexity index is 1420. The van der Waals surface area contributed by atoms with Gasteiger partial charge in [0.1, 0.15) is 5.82 Å². The molecule has 0 N–H and O–H groups in total. The summed E-state index contributed by atoms with van der Waals surface area (Å²) in [5.41, 5.74) is -3.96. The molecule has 0 bridgehead atoms. The summed E-state index contributed by atoms with van der Waals surface area (Å²) in [7, 11) is 0.946. The Morgan fingerprint density at radius 2 is 1.44 bits per heavy atom. The lowest BCUT2D eigenvalue weighted by Crippen LogP contribution is -2.46. The molecular weight excluding hydrogens is 575 g/mol. The molecule has 43 heavy (non-hydrogen) atoms. The molecule has 0 atom stereocenters. The molecule has 1 aliphatic heterocycles. The normalized spacial score (nSPS) is 22.4. The molecule has 230 valence electrons. The van der Waals surface area contributed by atoms with E-state index < -0.39 is 46.0 Å². The maximum absolute atomic E-state index is 14.6. The third-order valence-electron chi connectivity index (χ3n) is 9.18. The number of carbonyl (C=O) groups excluding carboxylic acids is 1. The van der Waals surface area contributed by atoms with Gasteiger partial charge in [-0.25, -0.2) is 9.18 Å². The molecule has 0 radical (unpaired) electrons. The summed E-state index contributed by atoms with van der Waals surface area (Å²) < 4.78 is 103. The second-order valence-corrected chi connectivity index (χ2v) is 11.5. The maximum Gasteiger partial charge on any atom is 0.416 e. The van der Waals surface area contributed by atoms with Crippen LogP contribution in [0, 0.1) is 5.82 Å². The first-order chi connectivity index (χ1) is 20.3. The van der Waals surface area contributed by atoms with Gasteiger partial charge in [-0.15, -0.1) is 0 Å². The minimum absolute atomic E-state index is 0.0661. The third-order valence-corrected chi connectivity index (χ3v) is 9.18. The van der Waals surface area contributed by atoms with Gasteiger partial charge in [-0.05, 0) is 98.5 Å². The average molecular weight is 608 g/mol. The largest absolute Gasteiger partial charge is 0.465 e. The topological polar surface area (TPSA) is 29.5 Å². The number of halogens is 7. The fraction of sp³-hybridized carbons (Fsp3) is 0.424.